The van der Waals surface area contributed by atoms with Crippen LogP contribution in [0.15, 0.2) is 77.0 Å². The number of aromatic nitrogens is 3. The van der Waals surface area contributed by atoms with E-state index < -0.39 is 5.25 Å². The molecule has 3 N–H and O–H groups in total. The first kappa shape index (κ1) is 26.5. The van der Waals surface area contributed by atoms with Crippen LogP contribution in [-0.2, 0) is 11.3 Å². The average Bonchev–Trinajstić information content (AvgIpc) is 3.28. The predicted octanol–water partition coefficient (Wildman–Crippen LogP) is 5.83. The van der Waals surface area contributed by atoms with Gasteiger partial charge in [0.15, 0.2) is 11.0 Å². The second kappa shape index (κ2) is 12.1. The number of rotatable bonds is 9. The lowest BCUT2D eigenvalue weighted by molar-refractivity contribution is -0.120. The molecular weight excluding hydrogens is 531 g/mol. The number of carbonyl (C=O) groups excluding carboxylic acids is 1. The number of nitrogens with zero attached hydrogens (tertiary/aromatic N) is 4. The van der Waals surface area contributed by atoms with Crippen LogP contribution in [0.5, 0.6) is 5.75 Å². The highest BCUT2D eigenvalue weighted by Gasteiger charge is 2.21. The van der Waals surface area contributed by atoms with E-state index in [1.807, 2.05) is 60.0 Å². The zero-order valence-corrected chi connectivity index (χ0v) is 22.3. The van der Waals surface area contributed by atoms with E-state index in [1.54, 1.807) is 19.1 Å². The third-order valence-electron chi connectivity index (χ3n) is 5.36. The molecule has 0 aliphatic carbocycles. The number of hydrazone groups is 1. The second-order valence-corrected chi connectivity index (χ2v) is 10.3. The van der Waals surface area contributed by atoms with E-state index in [0.29, 0.717) is 33.1 Å². The van der Waals surface area contributed by atoms with Crippen LogP contribution in [0, 0.1) is 6.92 Å². The molecular formula is C26H24Cl2N6O2S. The van der Waals surface area contributed by atoms with Crippen molar-refractivity contribution in [1.82, 2.24) is 20.2 Å². The summed E-state index contributed by atoms with van der Waals surface area (Å²) in [6.45, 7) is 4.15. The number of aromatic hydroxyl groups is 1. The summed E-state index contributed by atoms with van der Waals surface area (Å²) in [6, 6.07) is 19.9. The molecule has 190 valence electrons. The number of nitrogens with one attached hydrogen (secondary N) is 2. The summed E-state index contributed by atoms with van der Waals surface area (Å²) < 4.78 is 1.92. The van der Waals surface area contributed by atoms with Crippen molar-refractivity contribution >= 4 is 52.8 Å². The normalized spacial score (nSPS) is 12.0. The number of hydrogen-bond acceptors (Lipinski definition) is 7. The summed E-state index contributed by atoms with van der Waals surface area (Å²) in [4.78, 5) is 12.7. The highest BCUT2D eigenvalue weighted by molar-refractivity contribution is 8.00. The standard InChI is InChI=1S/C26H24Cl2N6O2S/c1-16-12-19(27)8-10-22(16)29-15-24-31-33-26(34(24)21-6-4-3-5-7-21)37-17(2)25(36)32-30-14-18-13-20(28)9-11-23(18)35/h3-14,17,29,35H,15H2,1-2H3,(H,32,36)/b30-14-/t17-/m1/s1. The number of benzene rings is 3. The van der Waals surface area contributed by atoms with Gasteiger partial charge in [0.25, 0.3) is 5.91 Å². The Labute approximate surface area is 228 Å². The first-order chi connectivity index (χ1) is 17.8. The van der Waals surface area contributed by atoms with Gasteiger partial charge in [-0.3, -0.25) is 9.36 Å². The molecule has 1 amide bonds. The first-order valence-corrected chi connectivity index (χ1v) is 12.9. The first-order valence-electron chi connectivity index (χ1n) is 11.3. The van der Waals surface area contributed by atoms with E-state index in [1.165, 1.54) is 24.0 Å². The monoisotopic (exact) mass is 554 g/mol. The van der Waals surface area contributed by atoms with Gasteiger partial charge in [0.1, 0.15) is 5.75 Å². The zero-order chi connectivity index (χ0) is 26.4. The maximum Gasteiger partial charge on any atom is 0.253 e. The van der Waals surface area contributed by atoms with E-state index in [0.717, 1.165) is 16.9 Å². The van der Waals surface area contributed by atoms with Gasteiger partial charge in [0, 0.05) is 27.0 Å². The Balaban J connectivity index is 1.49. The Morgan fingerprint density at radius 1 is 1.11 bits per heavy atom. The summed E-state index contributed by atoms with van der Waals surface area (Å²) in [6.07, 6.45) is 1.34. The molecule has 0 saturated carbocycles. The molecule has 0 saturated heterocycles. The summed E-state index contributed by atoms with van der Waals surface area (Å²) in [7, 11) is 0. The number of hydrogen-bond donors (Lipinski definition) is 3. The lowest BCUT2D eigenvalue weighted by Gasteiger charge is -2.14. The number of para-hydroxylation sites is 1. The molecule has 3 aromatic carbocycles. The SMILES string of the molecule is Cc1cc(Cl)ccc1NCc1nnc(S[C@H](C)C(=O)N/N=C\c2cc(Cl)ccc2O)n1-c1ccccc1. The van der Waals surface area contributed by atoms with Gasteiger partial charge in [0.05, 0.1) is 18.0 Å². The minimum atomic E-state index is -0.531. The number of phenolic OH excluding ortho intramolecular Hbond substituents is 1. The molecule has 37 heavy (non-hydrogen) atoms. The van der Waals surface area contributed by atoms with Crippen molar-refractivity contribution in [2.24, 2.45) is 5.10 Å². The maximum absolute atomic E-state index is 12.7. The molecule has 11 heteroatoms. The van der Waals surface area contributed by atoms with Crippen molar-refractivity contribution in [2.45, 2.75) is 30.8 Å². The fraction of sp³-hybridized carbons (Fsp3) is 0.154. The Kier molecular flexibility index (Phi) is 8.70. The average molecular weight is 555 g/mol. The van der Waals surface area contributed by atoms with Crippen molar-refractivity contribution in [3.05, 3.63) is 93.7 Å². The highest BCUT2D eigenvalue weighted by atomic mass is 35.5. The Morgan fingerprint density at radius 3 is 2.59 bits per heavy atom. The lowest BCUT2D eigenvalue weighted by Crippen LogP contribution is -2.27. The van der Waals surface area contributed by atoms with Crippen LogP contribution in [0.1, 0.15) is 23.9 Å². The molecule has 1 aromatic heterocycles. The molecule has 4 aromatic rings. The van der Waals surface area contributed by atoms with Gasteiger partial charge in [-0.25, -0.2) is 5.43 Å². The van der Waals surface area contributed by atoms with Crippen LogP contribution in [0.2, 0.25) is 10.0 Å². The van der Waals surface area contributed by atoms with E-state index in [2.05, 4.69) is 26.0 Å². The number of phenols is 1. The molecule has 0 fully saturated rings. The van der Waals surface area contributed by atoms with Crippen molar-refractivity contribution in [1.29, 1.82) is 0 Å². The number of carbonyl (C=O) groups is 1. The second-order valence-electron chi connectivity index (χ2n) is 8.08. The van der Waals surface area contributed by atoms with Crippen LogP contribution in [0.25, 0.3) is 5.69 Å². The van der Waals surface area contributed by atoms with Gasteiger partial charge in [-0.15, -0.1) is 10.2 Å². The third kappa shape index (κ3) is 6.82. The minimum absolute atomic E-state index is 0.00992. The fourth-order valence-corrected chi connectivity index (χ4v) is 4.71. The highest BCUT2D eigenvalue weighted by Crippen LogP contribution is 2.27. The number of halogens is 2. The summed E-state index contributed by atoms with van der Waals surface area (Å²) in [5.41, 5.74) is 5.73. The fourth-order valence-electron chi connectivity index (χ4n) is 3.42. The number of amides is 1. The van der Waals surface area contributed by atoms with Crippen LogP contribution >= 0.6 is 35.0 Å². The van der Waals surface area contributed by atoms with Crippen LogP contribution in [0.4, 0.5) is 5.69 Å². The van der Waals surface area contributed by atoms with Gasteiger partial charge in [0.2, 0.25) is 0 Å². The Morgan fingerprint density at radius 2 is 1.84 bits per heavy atom. The van der Waals surface area contributed by atoms with Crippen molar-refractivity contribution in [3.63, 3.8) is 0 Å². The topological polar surface area (TPSA) is 104 Å². The molecule has 0 aliphatic rings. The van der Waals surface area contributed by atoms with Gasteiger partial charge < -0.3 is 10.4 Å². The largest absolute Gasteiger partial charge is 0.507 e. The summed E-state index contributed by atoms with van der Waals surface area (Å²) in [5, 5.41) is 27.1. The van der Waals surface area contributed by atoms with Crippen LogP contribution in [-0.4, -0.2) is 37.2 Å². The quantitative estimate of drug-likeness (QED) is 0.136. The van der Waals surface area contributed by atoms with Crippen molar-refractivity contribution < 1.29 is 9.90 Å². The van der Waals surface area contributed by atoms with Crippen molar-refractivity contribution in [2.75, 3.05) is 5.32 Å². The molecule has 1 heterocycles. The van der Waals surface area contributed by atoms with Gasteiger partial charge in [-0.2, -0.15) is 5.10 Å². The molecule has 8 nitrogen and oxygen atoms in total. The van der Waals surface area contributed by atoms with Crippen molar-refractivity contribution in [3.8, 4) is 11.4 Å². The summed E-state index contributed by atoms with van der Waals surface area (Å²) >= 11 is 13.3. The van der Waals surface area contributed by atoms with E-state index in [9.17, 15) is 9.90 Å². The zero-order valence-electron chi connectivity index (χ0n) is 20.0. The Hall–Kier alpha value is -3.53. The van der Waals surface area contributed by atoms with Gasteiger partial charge in [-0.05, 0) is 67.9 Å². The molecule has 4 rings (SSSR count). The van der Waals surface area contributed by atoms with Gasteiger partial charge >= 0.3 is 0 Å². The number of aryl methyl sites for hydroxylation is 1. The minimum Gasteiger partial charge on any atom is -0.507 e. The van der Waals surface area contributed by atoms with Crippen LogP contribution in [0.3, 0.4) is 0 Å². The molecule has 0 spiro atoms. The van der Waals surface area contributed by atoms with E-state index in [4.69, 9.17) is 23.2 Å². The lowest BCUT2D eigenvalue weighted by atomic mass is 10.2. The molecule has 0 bridgehead atoms. The molecule has 1 atom stereocenters. The van der Waals surface area contributed by atoms with Crippen LogP contribution < -0.4 is 10.7 Å². The van der Waals surface area contributed by atoms with E-state index in [-0.39, 0.29) is 11.7 Å². The van der Waals surface area contributed by atoms with E-state index >= 15 is 0 Å². The predicted molar refractivity (Wildman–Crippen MR) is 149 cm³/mol. The summed E-state index contributed by atoms with van der Waals surface area (Å²) in [5.74, 6) is 0.364. The number of thioether (sulfide) groups is 1. The third-order valence-corrected chi connectivity index (χ3v) is 6.87. The maximum atomic E-state index is 12.7. The molecule has 0 radical (unpaired) electrons. The molecule has 0 unspecified atom stereocenters. The number of anilines is 1. The van der Waals surface area contributed by atoms with Gasteiger partial charge in [-0.1, -0.05) is 53.2 Å². The Bertz CT molecular complexity index is 1430. The smallest absolute Gasteiger partial charge is 0.253 e. The molecule has 0 aliphatic heterocycles.